The number of methoxy groups -OCH3 is 1. The van der Waals surface area contributed by atoms with E-state index in [9.17, 15) is 9.59 Å². The molecule has 1 heterocycles. The molecule has 0 fully saturated rings. The second kappa shape index (κ2) is 8.88. The first-order chi connectivity index (χ1) is 14.6. The first-order valence-electron chi connectivity index (χ1n) is 9.40. The van der Waals surface area contributed by atoms with E-state index < -0.39 is 0 Å². The van der Waals surface area contributed by atoms with Gasteiger partial charge in [-0.2, -0.15) is 0 Å². The molecule has 0 atom stereocenters. The van der Waals surface area contributed by atoms with E-state index in [1.807, 2.05) is 24.3 Å². The lowest BCUT2D eigenvalue weighted by atomic mass is 10.0. The van der Waals surface area contributed by atoms with Gasteiger partial charge in [0.05, 0.1) is 23.7 Å². The van der Waals surface area contributed by atoms with E-state index in [2.05, 4.69) is 9.72 Å². The molecule has 0 radical (unpaired) electrons. The predicted molar refractivity (Wildman–Crippen MR) is 116 cm³/mol. The summed E-state index contributed by atoms with van der Waals surface area (Å²) < 4.78 is 11.6. The zero-order valence-electron chi connectivity index (χ0n) is 16.3. The Labute approximate surface area is 177 Å². The fourth-order valence-electron chi connectivity index (χ4n) is 3.06. The van der Waals surface area contributed by atoms with Crippen LogP contribution in [0.4, 0.5) is 0 Å². The molecule has 0 saturated heterocycles. The van der Waals surface area contributed by atoms with E-state index in [0.717, 1.165) is 20.8 Å². The van der Waals surface area contributed by atoms with Crippen LogP contribution in [0.25, 0.3) is 10.2 Å². The molecule has 6 heteroatoms. The standard InChI is InChI=1S/C24H19NO4S/c1-28-23(26)14-16-5-4-6-18(13-16)24(27)17-9-11-19(12-10-17)29-15-22-25-20-7-2-3-8-21(20)30-22/h2-13H,14-15H2,1H3. The lowest BCUT2D eigenvalue weighted by Crippen LogP contribution is -2.06. The molecule has 0 spiro atoms. The van der Waals surface area contributed by atoms with E-state index in [4.69, 9.17) is 4.74 Å². The van der Waals surface area contributed by atoms with Gasteiger partial charge >= 0.3 is 5.97 Å². The van der Waals surface area contributed by atoms with Gasteiger partial charge in [0, 0.05) is 11.1 Å². The Kier molecular flexibility index (Phi) is 5.86. The van der Waals surface area contributed by atoms with Crippen molar-refractivity contribution in [2.24, 2.45) is 0 Å². The average molecular weight is 417 g/mol. The van der Waals surface area contributed by atoms with Crippen molar-refractivity contribution < 1.29 is 19.1 Å². The number of esters is 1. The number of benzene rings is 3. The molecule has 0 N–H and O–H groups in total. The topological polar surface area (TPSA) is 65.5 Å². The SMILES string of the molecule is COC(=O)Cc1cccc(C(=O)c2ccc(OCc3nc4ccccc4s3)cc2)c1. The maximum atomic E-state index is 12.8. The van der Waals surface area contributed by atoms with Crippen molar-refractivity contribution >= 4 is 33.3 Å². The minimum atomic E-state index is -0.339. The number of hydrogen-bond acceptors (Lipinski definition) is 6. The molecule has 30 heavy (non-hydrogen) atoms. The molecule has 0 aliphatic rings. The molecule has 0 amide bonds. The van der Waals surface area contributed by atoms with Gasteiger partial charge in [-0.25, -0.2) is 4.98 Å². The largest absolute Gasteiger partial charge is 0.486 e. The number of thiazole rings is 1. The van der Waals surface area contributed by atoms with Gasteiger partial charge in [-0.3, -0.25) is 9.59 Å². The Morgan fingerprint density at radius 2 is 1.73 bits per heavy atom. The molecular weight excluding hydrogens is 398 g/mol. The van der Waals surface area contributed by atoms with Crippen LogP contribution in [-0.2, 0) is 22.6 Å². The summed E-state index contributed by atoms with van der Waals surface area (Å²) in [6.07, 6.45) is 0.135. The molecule has 4 aromatic rings. The minimum absolute atomic E-state index is 0.112. The van der Waals surface area contributed by atoms with Crippen molar-refractivity contribution in [3.8, 4) is 5.75 Å². The zero-order valence-corrected chi connectivity index (χ0v) is 17.1. The summed E-state index contributed by atoms with van der Waals surface area (Å²) in [6, 6.07) is 22.0. The number of carbonyl (C=O) groups excluding carboxylic acids is 2. The molecule has 1 aromatic heterocycles. The van der Waals surface area contributed by atoms with E-state index in [1.165, 1.54) is 7.11 Å². The Morgan fingerprint density at radius 3 is 2.50 bits per heavy atom. The third-order valence-corrected chi connectivity index (χ3v) is 5.59. The normalized spacial score (nSPS) is 10.7. The number of aromatic nitrogens is 1. The second-order valence-corrected chi connectivity index (χ2v) is 7.79. The lowest BCUT2D eigenvalue weighted by molar-refractivity contribution is -0.139. The number of fused-ring (bicyclic) bond motifs is 1. The van der Waals surface area contributed by atoms with Gasteiger partial charge in [0.15, 0.2) is 5.78 Å². The van der Waals surface area contributed by atoms with Crippen molar-refractivity contribution in [3.63, 3.8) is 0 Å². The molecule has 150 valence electrons. The first-order valence-corrected chi connectivity index (χ1v) is 10.2. The summed E-state index contributed by atoms with van der Waals surface area (Å²) in [5.74, 6) is 0.221. The van der Waals surface area contributed by atoms with Gasteiger partial charge in [-0.15, -0.1) is 11.3 Å². The van der Waals surface area contributed by atoms with Crippen LogP contribution >= 0.6 is 11.3 Å². The highest BCUT2D eigenvalue weighted by Crippen LogP contribution is 2.23. The number of nitrogens with zero attached hydrogens (tertiary/aromatic N) is 1. The smallest absolute Gasteiger partial charge is 0.309 e. The molecule has 0 aliphatic carbocycles. The van der Waals surface area contributed by atoms with Gasteiger partial charge < -0.3 is 9.47 Å². The number of para-hydroxylation sites is 1. The summed E-state index contributed by atoms with van der Waals surface area (Å²) in [6.45, 7) is 0.377. The number of ether oxygens (including phenoxy) is 2. The van der Waals surface area contributed by atoms with E-state index >= 15 is 0 Å². The van der Waals surface area contributed by atoms with Crippen LogP contribution < -0.4 is 4.74 Å². The lowest BCUT2D eigenvalue weighted by Gasteiger charge is -2.07. The van der Waals surface area contributed by atoms with E-state index in [-0.39, 0.29) is 18.2 Å². The summed E-state index contributed by atoms with van der Waals surface area (Å²) in [5.41, 5.74) is 2.79. The monoisotopic (exact) mass is 417 g/mol. The van der Waals surface area contributed by atoms with Gasteiger partial charge in [0.25, 0.3) is 0 Å². The minimum Gasteiger partial charge on any atom is -0.486 e. The summed E-state index contributed by atoms with van der Waals surface area (Å²) in [4.78, 5) is 28.8. The van der Waals surface area contributed by atoms with Gasteiger partial charge in [0.1, 0.15) is 17.4 Å². The fourth-order valence-corrected chi connectivity index (χ4v) is 3.94. The van der Waals surface area contributed by atoms with Crippen molar-refractivity contribution in [1.29, 1.82) is 0 Å². The molecule has 3 aromatic carbocycles. The second-order valence-electron chi connectivity index (χ2n) is 6.67. The number of hydrogen-bond donors (Lipinski definition) is 0. The Balaban J connectivity index is 1.42. The van der Waals surface area contributed by atoms with Gasteiger partial charge in [-0.1, -0.05) is 30.3 Å². The van der Waals surface area contributed by atoms with E-state index in [1.54, 1.807) is 59.9 Å². The maximum Gasteiger partial charge on any atom is 0.309 e. The number of rotatable bonds is 7. The van der Waals surface area contributed by atoms with E-state index in [0.29, 0.717) is 23.5 Å². The number of ketones is 1. The summed E-state index contributed by atoms with van der Waals surface area (Å²) >= 11 is 1.61. The molecule has 5 nitrogen and oxygen atoms in total. The zero-order chi connectivity index (χ0) is 20.9. The highest BCUT2D eigenvalue weighted by Gasteiger charge is 2.12. The van der Waals surface area contributed by atoms with Gasteiger partial charge in [-0.05, 0) is 48.0 Å². The average Bonchev–Trinajstić information content (AvgIpc) is 3.21. The van der Waals surface area contributed by atoms with Crippen LogP contribution in [0.2, 0.25) is 0 Å². The van der Waals surface area contributed by atoms with Crippen molar-refractivity contribution in [2.45, 2.75) is 13.0 Å². The van der Waals surface area contributed by atoms with Crippen LogP contribution in [-0.4, -0.2) is 23.8 Å². The van der Waals surface area contributed by atoms with Crippen LogP contribution in [0.1, 0.15) is 26.5 Å². The summed E-state index contributed by atoms with van der Waals surface area (Å²) in [5, 5.41) is 0.902. The molecule has 0 aliphatic heterocycles. The number of carbonyl (C=O) groups is 2. The quantitative estimate of drug-likeness (QED) is 0.319. The van der Waals surface area contributed by atoms with Crippen LogP contribution in [0.3, 0.4) is 0 Å². The van der Waals surface area contributed by atoms with Crippen LogP contribution in [0.5, 0.6) is 5.75 Å². The van der Waals surface area contributed by atoms with Crippen molar-refractivity contribution in [1.82, 2.24) is 4.98 Å². The molecular formula is C24H19NO4S. The van der Waals surface area contributed by atoms with Crippen LogP contribution in [0.15, 0.2) is 72.8 Å². The molecule has 0 bridgehead atoms. The first kappa shape index (κ1) is 19.8. The predicted octanol–water partition coefficient (Wildman–Crippen LogP) is 4.82. The molecule has 0 unspecified atom stereocenters. The Hall–Kier alpha value is -3.51. The summed E-state index contributed by atoms with van der Waals surface area (Å²) in [7, 11) is 1.35. The fraction of sp³-hybridized carbons (Fsp3) is 0.125. The highest BCUT2D eigenvalue weighted by atomic mass is 32.1. The van der Waals surface area contributed by atoms with Crippen molar-refractivity contribution in [3.05, 3.63) is 94.5 Å². The van der Waals surface area contributed by atoms with Crippen LogP contribution in [0, 0.1) is 0 Å². The Bertz CT molecular complexity index is 1160. The van der Waals surface area contributed by atoms with Gasteiger partial charge in [0.2, 0.25) is 0 Å². The molecule has 4 rings (SSSR count). The Morgan fingerprint density at radius 1 is 0.933 bits per heavy atom. The highest BCUT2D eigenvalue weighted by molar-refractivity contribution is 7.18. The third-order valence-electron chi connectivity index (χ3n) is 4.58. The van der Waals surface area contributed by atoms with Crippen molar-refractivity contribution in [2.75, 3.05) is 7.11 Å². The third kappa shape index (κ3) is 4.55. The molecule has 0 saturated carbocycles. The maximum absolute atomic E-state index is 12.8.